The molecule has 1 aliphatic rings. The smallest absolute Gasteiger partial charge is 0.342 e. The summed E-state index contributed by atoms with van der Waals surface area (Å²) in [5.41, 5.74) is -1.33. The van der Waals surface area contributed by atoms with Gasteiger partial charge in [-0.15, -0.1) is 0 Å². The number of benzene rings is 1. The fourth-order valence-corrected chi connectivity index (χ4v) is 2.06. The monoisotopic (exact) mass is 284 g/mol. The van der Waals surface area contributed by atoms with Crippen molar-refractivity contribution in [2.75, 3.05) is 18.5 Å². The van der Waals surface area contributed by atoms with Gasteiger partial charge in [-0.05, 0) is 18.9 Å². The molecule has 0 atom stereocenters. The Morgan fingerprint density at radius 2 is 2.10 bits per heavy atom. The molecule has 2 N–H and O–H groups in total. The number of hydrogen-bond acceptors (Lipinski definition) is 5. The van der Waals surface area contributed by atoms with Gasteiger partial charge in [0.25, 0.3) is 5.69 Å². The molecule has 0 saturated carbocycles. The van der Waals surface area contributed by atoms with Crippen LogP contribution in [0.4, 0.5) is 15.8 Å². The maximum atomic E-state index is 13.8. The number of ether oxygens (including phenoxy) is 1. The second-order valence-electron chi connectivity index (χ2n) is 4.44. The molecule has 0 radical (unpaired) electrons. The van der Waals surface area contributed by atoms with E-state index in [1.165, 1.54) is 0 Å². The number of rotatable bonds is 4. The van der Waals surface area contributed by atoms with Crippen LogP contribution in [0.5, 0.6) is 0 Å². The van der Waals surface area contributed by atoms with E-state index in [-0.39, 0.29) is 11.7 Å². The zero-order valence-electron chi connectivity index (χ0n) is 10.5. The first kappa shape index (κ1) is 14.2. The van der Waals surface area contributed by atoms with Crippen molar-refractivity contribution in [1.29, 1.82) is 0 Å². The Morgan fingerprint density at radius 3 is 2.65 bits per heavy atom. The van der Waals surface area contributed by atoms with Gasteiger partial charge in [0.15, 0.2) is 5.82 Å². The van der Waals surface area contributed by atoms with Gasteiger partial charge < -0.3 is 15.2 Å². The second-order valence-corrected chi connectivity index (χ2v) is 4.44. The highest BCUT2D eigenvalue weighted by Gasteiger charge is 2.24. The molecule has 0 aromatic heterocycles. The van der Waals surface area contributed by atoms with Crippen LogP contribution in [0.1, 0.15) is 23.2 Å². The van der Waals surface area contributed by atoms with Crippen molar-refractivity contribution in [2.24, 2.45) is 0 Å². The quantitative estimate of drug-likeness (QED) is 0.648. The van der Waals surface area contributed by atoms with Crippen LogP contribution in [0.25, 0.3) is 0 Å². The van der Waals surface area contributed by atoms with Gasteiger partial charge in [0, 0.05) is 19.3 Å². The first-order chi connectivity index (χ1) is 9.49. The number of aromatic carboxylic acids is 1. The minimum Gasteiger partial charge on any atom is -0.477 e. The fourth-order valence-electron chi connectivity index (χ4n) is 2.06. The molecule has 1 aromatic carbocycles. The third kappa shape index (κ3) is 3.02. The molecular weight excluding hydrogens is 271 g/mol. The Morgan fingerprint density at radius 1 is 1.45 bits per heavy atom. The van der Waals surface area contributed by atoms with E-state index in [0.29, 0.717) is 32.1 Å². The van der Waals surface area contributed by atoms with Crippen molar-refractivity contribution in [1.82, 2.24) is 0 Å². The zero-order chi connectivity index (χ0) is 14.7. The lowest BCUT2D eigenvalue weighted by molar-refractivity contribution is -0.385. The predicted molar refractivity (Wildman–Crippen MR) is 67.5 cm³/mol. The topological polar surface area (TPSA) is 102 Å². The van der Waals surface area contributed by atoms with Crippen LogP contribution in [-0.4, -0.2) is 35.3 Å². The molecule has 2 rings (SSSR count). The number of hydrogen-bond donors (Lipinski definition) is 2. The van der Waals surface area contributed by atoms with Gasteiger partial charge in [-0.1, -0.05) is 0 Å². The molecule has 0 bridgehead atoms. The number of halogens is 1. The van der Waals surface area contributed by atoms with Crippen LogP contribution in [0.3, 0.4) is 0 Å². The average Bonchev–Trinajstić information content (AvgIpc) is 2.41. The normalized spacial score (nSPS) is 15.8. The highest BCUT2D eigenvalue weighted by molar-refractivity contribution is 5.93. The third-order valence-corrected chi connectivity index (χ3v) is 3.09. The van der Waals surface area contributed by atoms with E-state index in [1.807, 2.05) is 0 Å². The van der Waals surface area contributed by atoms with Gasteiger partial charge in [-0.3, -0.25) is 10.1 Å². The van der Waals surface area contributed by atoms with Gasteiger partial charge in [0.2, 0.25) is 0 Å². The molecule has 0 unspecified atom stereocenters. The van der Waals surface area contributed by atoms with Gasteiger partial charge in [-0.2, -0.15) is 0 Å². The average molecular weight is 284 g/mol. The van der Waals surface area contributed by atoms with Crippen molar-refractivity contribution < 1.29 is 24.0 Å². The number of anilines is 1. The second kappa shape index (κ2) is 5.83. The first-order valence-electron chi connectivity index (χ1n) is 6.04. The predicted octanol–water partition coefficient (Wildman–Crippen LogP) is 2.02. The Hall–Kier alpha value is -2.22. The number of nitrogens with zero attached hydrogens (tertiary/aromatic N) is 1. The molecule has 20 heavy (non-hydrogen) atoms. The molecular formula is C12H13FN2O5. The summed E-state index contributed by atoms with van der Waals surface area (Å²) < 4.78 is 19.0. The number of nitro benzene ring substituents is 1. The summed E-state index contributed by atoms with van der Waals surface area (Å²) in [5.74, 6) is -2.31. The Kier molecular flexibility index (Phi) is 4.14. The van der Waals surface area contributed by atoms with E-state index < -0.39 is 28.0 Å². The van der Waals surface area contributed by atoms with E-state index >= 15 is 0 Å². The van der Waals surface area contributed by atoms with E-state index in [1.54, 1.807) is 0 Å². The zero-order valence-corrected chi connectivity index (χ0v) is 10.5. The maximum Gasteiger partial charge on any atom is 0.342 e. The van der Waals surface area contributed by atoms with Gasteiger partial charge in [0.05, 0.1) is 16.7 Å². The summed E-state index contributed by atoms with van der Waals surface area (Å²) in [6.07, 6.45) is 1.33. The Balaban J connectivity index is 2.31. The lowest BCUT2D eigenvalue weighted by atomic mass is 10.1. The van der Waals surface area contributed by atoms with Crippen molar-refractivity contribution >= 4 is 17.3 Å². The standard InChI is InChI=1S/C12H13FN2O5/c13-9-6-11(15(18)19)8(12(16)17)5-10(9)14-7-1-3-20-4-2-7/h5-7,14H,1-4H2,(H,16,17). The van der Waals surface area contributed by atoms with E-state index in [0.717, 1.165) is 6.07 Å². The summed E-state index contributed by atoms with van der Waals surface area (Å²) in [4.78, 5) is 20.8. The molecule has 1 aromatic rings. The number of nitro groups is 1. The maximum absolute atomic E-state index is 13.8. The molecule has 8 heteroatoms. The van der Waals surface area contributed by atoms with Crippen molar-refractivity contribution in [3.05, 3.63) is 33.6 Å². The number of nitrogens with one attached hydrogen (secondary N) is 1. The summed E-state index contributed by atoms with van der Waals surface area (Å²) >= 11 is 0. The van der Waals surface area contributed by atoms with Crippen molar-refractivity contribution in [3.8, 4) is 0 Å². The molecule has 0 aliphatic carbocycles. The number of carbonyl (C=O) groups is 1. The van der Waals surface area contributed by atoms with Gasteiger partial charge >= 0.3 is 5.97 Å². The van der Waals surface area contributed by atoms with Crippen molar-refractivity contribution in [3.63, 3.8) is 0 Å². The van der Waals surface area contributed by atoms with Gasteiger partial charge in [0.1, 0.15) is 5.56 Å². The molecule has 1 aliphatic heterocycles. The Labute approximate surface area is 113 Å². The molecule has 1 fully saturated rings. The van der Waals surface area contributed by atoms with Crippen LogP contribution in [0.2, 0.25) is 0 Å². The van der Waals surface area contributed by atoms with E-state index in [2.05, 4.69) is 5.32 Å². The van der Waals surface area contributed by atoms with Crippen LogP contribution < -0.4 is 5.32 Å². The molecule has 7 nitrogen and oxygen atoms in total. The minimum absolute atomic E-state index is 0.0404. The summed E-state index contributed by atoms with van der Waals surface area (Å²) in [6.45, 7) is 1.08. The molecule has 1 saturated heterocycles. The third-order valence-electron chi connectivity index (χ3n) is 3.09. The van der Waals surface area contributed by atoms with Crippen LogP contribution >= 0.6 is 0 Å². The van der Waals surface area contributed by atoms with Crippen LogP contribution in [0, 0.1) is 15.9 Å². The van der Waals surface area contributed by atoms with E-state index in [9.17, 15) is 19.3 Å². The fraction of sp³-hybridized carbons (Fsp3) is 0.417. The molecule has 1 heterocycles. The van der Waals surface area contributed by atoms with E-state index in [4.69, 9.17) is 9.84 Å². The lowest BCUT2D eigenvalue weighted by Crippen LogP contribution is -2.28. The minimum atomic E-state index is -1.47. The SMILES string of the molecule is O=C(O)c1cc(NC2CCOCC2)c(F)cc1[N+](=O)[O-]. The highest BCUT2D eigenvalue weighted by atomic mass is 19.1. The Bertz CT molecular complexity index is 543. The highest BCUT2D eigenvalue weighted by Crippen LogP contribution is 2.27. The summed E-state index contributed by atoms with van der Waals surface area (Å²) in [6, 6.07) is 1.55. The summed E-state index contributed by atoms with van der Waals surface area (Å²) in [7, 11) is 0. The molecule has 0 amide bonds. The lowest BCUT2D eigenvalue weighted by Gasteiger charge is -2.24. The van der Waals surface area contributed by atoms with Crippen molar-refractivity contribution in [2.45, 2.75) is 18.9 Å². The molecule has 0 spiro atoms. The summed E-state index contributed by atoms with van der Waals surface area (Å²) in [5, 5.41) is 22.5. The first-order valence-corrected chi connectivity index (χ1v) is 6.04. The van der Waals surface area contributed by atoms with Crippen LogP contribution in [0.15, 0.2) is 12.1 Å². The van der Waals surface area contributed by atoms with Crippen LogP contribution in [-0.2, 0) is 4.74 Å². The number of carboxylic acids is 1. The largest absolute Gasteiger partial charge is 0.477 e. The molecule has 108 valence electrons. The number of carboxylic acid groups (broad SMARTS) is 1. The van der Waals surface area contributed by atoms with Gasteiger partial charge in [-0.25, -0.2) is 9.18 Å².